The van der Waals surface area contributed by atoms with Crippen molar-refractivity contribution < 1.29 is 18.3 Å². The third-order valence-corrected chi connectivity index (χ3v) is 10.3. The van der Waals surface area contributed by atoms with E-state index in [0.717, 1.165) is 35.2 Å². The van der Waals surface area contributed by atoms with Crippen molar-refractivity contribution in [2.75, 3.05) is 6.61 Å². The number of ether oxygens (including phenoxy) is 2. The lowest BCUT2D eigenvalue weighted by Gasteiger charge is -2.45. The molecule has 2 nitrogen and oxygen atoms in total. The zero-order valence-corrected chi connectivity index (χ0v) is 24.6. The van der Waals surface area contributed by atoms with Crippen LogP contribution in [0.4, 0.5) is 8.78 Å². The fourth-order valence-electron chi connectivity index (χ4n) is 8.08. The summed E-state index contributed by atoms with van der Waals surface area (Å²) in [4.78, 5) is 0. The van der Waals surface area contributed by atoms with Gasteiger partial charge in [0, 0.05) is 0 Å². The summed E-state index contributed by atoms with van der Waals surface area (Å²) in [6, 6.07) is 11.4. The predicted octanol–water partition coefficient (Wildman–Crippen LogP) is 10.4. The lowest BCUT2D eigenvalue weighted by atomic mass is 9.60. The standard InChI is InChI=1S/C36H48F2O2/c1-3-5-6-7-25-8-13-32-23-31(19-18-30(32)22-25)29-16-14-28(15-17-29)27-11-9-26(10-12-27)24-40-34-21-20-33(39-4-2)35(37)36(34)38/h3,5,9-12,20-21,25,28-32H,4,6-8,13-19,22-24H2,1-2H3/b5-3+. The van der Waals surface area contributed by atoms with Crippen LogP contribution in [-0.2, 0) is 6.61 Å². The molecule has 0 bridgehead atoms. The van der Waals surface area contributed by atoms with Crippen molar-refractivity contribution in [3.63, 3.8) is 0 Å². The first-order chi connectivity index (χ1) is 19.6. The monoisotopic (exact) mass is 550 g/mol. The molecule has 5 rings (SSSR count). The van der Waals surface area contributed by atoms with Crippen molar-refractivity contribution in [3.05, 3.63) is 71.3 Å². The van der Waals surface area contributed by atoms with Crippen molar-refractivity contribution >= 4 is 0 Å². The Kier molecular flexibility index (Phi) is 10.2. The van der Waals surface area contributed by atoms with E-state index in [9.17, 15) is 8.78 Å². The zero-order valence-electron chi connectivity index (χ0n) is 24.6. The zero-order chi connectivity index (χ0) is 27.9. The van der Waals surface area contributed by atoms with E-state index < -0.39 is 11.6 Å². The lowest BCUT2D eigenvalue weighted by molar-refractivity contribution is 0.0621. The van der Waals surface area contributed by atoms with Crippen LogP contribution < -0.4 is 9.47 Å². The van der Waals surface area contributed by atoms with E-state index in [0.29, 0.717) is 5.92 Å². The van der Waals surface area contributed by atoms with E-state index in [1.807, 2.05) is 0 Å². The van der Waals surface area contributed by atoms with E-state index in [4.69, 9.17) is 9.47 Å². The molecule has 0 amide bonds. The summed E-state index contributed by atoms with van der Waals surface area (Å²) < 4.78 is 39.2. The van der Waals surface area contributed by atoms with Gasteiger partial charge in [-0.25, -0.2) is 0 Å². The SMILES string of the molecule is C/C=C/CCC1CCC2CC(C3CCC(c4ccc(COc5ccc(OCC)c(F)c5F)cc4)CC3)CCC2C1. The van der Waals surface area contributed by atoms with Crippen LogP contribution in [0, 0.1) is 41.2 Å². The molecule has 2 aromatic rings. The summed E-state index contributed by atoms with van der Waals surface area (Å²) in [6.45, 7) is 4.36. The molecular weight excluding hydrogens is 502 g/mol. The minimum absolute atomic E-state index is 0.0857. The lowest BCUT2D eigenvalue weighted by Crippen LogP contribution is -2.34. The summed E-state index contributed by atoms with van der Waals surface area (Å²) in [6.07, 6.45) is 21.4. The highest BCUT2D eigenvalue weighted by molar-refractivity contribution is 5.35. The van der Waals surface area contributed by atoms with Gasteiger partial charge in [0.2, 0.25) is 11.6 Å². The number of hydrogen-bond acceptors (Lipinski definition) is 2. The number of benzene rings is 2. The molecule has 0 heterocycles. The third-order valence-electron chi connectivity index (χ3n) is 10.3. The van der Waals surface area contributed by atoms with Crippen LogP contribution >= 0.6 is 0 Å². The number of allylic oxidation sites excluding steroid dienone is 2. The molecule has 4 heteroatoms. The Bertz CT molecular complexity index is 1100. The Morgan fingerprint density at radius 1 is 0.725 bits per heavy atom. The molecule has 2 aromatic carbocycles. The largest absolute Gasteiger partial charge is 0.491 e. The molecule has 218 valence electrons. The summed E-state index contributed by atoms with van der Waals surface area (Å²) in [7, 11) is 0. The summed E-state index contributed by atoms with van der Waals surface area (Å²) in [5.41, 5.74) is 2.36. The Morgan fingerprint density at radius 3 is 2.00 bits per heavy atom. The molecule has 3 saturated carbocycles. The second-order valence-electron chi connectivity index (χ2n) is 12.7. The van der Waals surface area contributed by atoms with Gasteiger partial charge in [-0.15, -0.1) is 0 Å². The van der Waals surface area contributed by atoms with Crippen LogP contribution in [0.15, 0.2) is 48.6 Å². The molecule has 4 atom stereocenters. The average Bonchev–Trinajstić information content (AvgIpc) is 2.99. The van der Waals surface area contributed by atoms with E-state index in [-0.39, 0.29) is 24.7 Å². The second kappa shape index (κ2) is 14.0. The number of rotatable bonds is 10. The maximum Gasteiger partial charge on any atom is 0.204 e. The molecule has 0 saturated heterocycles. The maximum absolute atomic E-state index is 14.3. The van der Waals surface area contributed by atoms with Crippen molar-refractivity contribution in [3.8, 4) is 11.5 Å². The smallest absolute Gasteiger partial charge is 0.204 e. The molecule has 3 fully saturated rings. The van der Waals surface area contributed by atoms with Gasteiger partial charge in [0.15, 0.2) is 11.5 Å². The van der Waals surface area contributed by atoms with Gasteiger partial charge < -0.3 is 9.47 Å². The minimum Gasteiger partial charge on any atom is -0.491 e. The van der Waals surface area contributed by atoms with Crippen LogP contribution in [0.2, 0.25) is 0 Å². The second-order valence-corrected chi connectivity index (χ2v) is 12.7. The van der Waals surface area contributed by atoms with E-state index >= 15 is 0 Å². The van der Waals surface area contributed by atoms with Crippen LogP contribution in [0.3, 0.4) is 0 Å². The molecule has 3 aliphatic carbocycles. The fourth-order valence-corrected chi connectivity index (χ4v) is 8.08. The number of fused-ring (bicyclic) bond motifs is 1. The van der Waals surface area contributed by atoms with Crippen LogP contribution in [0.1, 0.15) is 108 Å². The molecule has 0 spiro atoms. The van der Waals surface area contributed by atoms with Gasteiger partial charge in [-0.3, -0.25) is 0 Å². The summed E-state index contributed by atoms with van der Waals surface area (Å²) >= 11 is 0. The van der Waals surface area contributed by atoms with Crippen molar-refractivity contribution in [1.82, 2.24) is 0 Å². The molecule has 0 radical (unpaired) electrons. The van der Waals surface area contributed by atoms with Gasteiger partial charge in [-0.2, -0.15) is 8.78 Å². The Morgan fingerprint density at radius 2 is 1.32 bits per heavy atom. The highest BCUT2D eigenvalue weighted by Gasteiger charge is 2.38. The Labute approximate surface area is 240 Å². The molecule has 0 aliphatic heterocycles. The third kappa shape index (κ3) is 7.09. The van der Waals surface area contributed by atoms with Crippen LogP contribution in [-0.4, -0.2) is 6.61 Å². The van der Waals surface area contributed by atoms with Crippen molar-refractivity contribution in [1.29, 1.82) is 0 Å². The van der Waals surface area contributed by atoms with E-state index in [2.05, 4.69) is 43.3 Å². The van der Waals surface area contributed by atoms with Gasteiger partial charge in [0.1, 0.15) is 6.61 Å². The highest BCUT2D eigenvalue weighted by atomic mass is 19.2. The minimum atomic E-state index is -0.999. The molecule has 0 N–H and O–H groups in total. The van der Waals surface area contributed by atoms with E-state index in [1.54, 1.807) is 6.92 Å². The van der Waals surface area contributed by atoms with Gasteiger partial charge in [0.05, 0.1) is 6.61 Å². The predicted molar refractivity (Wildman–Crippen MR) is 159 cm³/mol. The Balaban J connectivity index is 1.06. The van der Waals surface area contributed by atoms with Gasteiger partial charge >= 0.3 is 0 Å². The first-order valence-electron chi connectivity index (χ1n) is 16.0. The first-order valence-corrected chi connectivity index (χ1v) is 16.0. The van der Waals surface area contributed by atoms with Gasteiger partial charge in [-0.05, 0) is 143 Å². The number of hydrogen-bond donors (Lipinski definition) is 0. The summed E-state index contributed by atoms with van der Waals surface area (Å²) in [5.74, 6) is 3.30. The number of halogens is 2. The quantitative estimate of drug-likeness (QED) is 0.274. The van der Waals surface area contributed by atoms with Gasteiger partial charge in [-0.1, -0.05) is 42.8 Å². The maximum atomic E-state index is 14.3. The molecule has 4 unspecified atom stereocenters. The normalized spacial score (nSPS) is 28.8. The molecule has 40 heavy (non-hydrogen) atoms. The molecular formula is C36H48F2O2. The molecule has 3 aliphatic rings. The van der Waals surface area contributed by atoms with Crippen molar-refractivity contribution in [2.45, 2.75) is 103 Å². The first kappa shape index (κ1) is 29.1. The van der Waals surface area contributed by atoms with Crippen molar-refractivity contribution in [2.24, 2.45) is 29.6 Å². The topological polar surface area (TPSA) is 18.5 Å². The van der Waals surface area contributed by atoms with E-state index in [1.165, 1.54) is 94.7 Å². The van der Waals surface area contributed by atoms with Crippen LogP contribution in [0.25, 0.3) is 0 Å². The average molecular weight is 551 g/mol. The fraction of sp³-hybridized carbons (Fsp3) is 0.611. The van der Waals surface area contributed by atoms with Crippen LogP contribution in [0.5, 0.6) is 11.5 Å². The molecule has 0 aromatic heterocycles. The Hall–Kier alpha value is -2.36. The highest BCUT2D eigenvalue weighted by Crippen LogP contribution is 2.50. The van der Waals surface area contributed by atoms with Gasteiger partial charge in [0.25, 0.3) is 0 Å². The summed E-state index contributed by atoms with van der Waals surface area (Å²) in [5, 5.41) is 0.